The van der Waals surface area contributed by atoms with Crippen LogP contribution in [0.25, 0.3) is 5.76 Å². The van der Waals surface area contributed by atoms with E-state index in [9.17, 15) is 14.7 Å². The first kappa shape index (κ1) is 19.5. The summed E-state index contributed by atoms with van der Waals surface area (Å²) in [7, 11) is 3.82. The van der Waals surface area contributed by atoms with Gasteiger partial charge in [-0.15, -0.1) is 11.3 Å². The first-order valence-corrected chi connectivity index (χ1v) is 10.1. The van der Waals surface area contributed by atoms with Crippen molar-refractivity contribution in [2.45, 2.75) is 13.0 Å². The molecule has 1 aromatic carbocycles. The van der Waals surface area contributed by atoms with Crippen molar-refractivity contribution in [3.63, 3.8) is 0 Å². The molecule has 0 saturated carbocycles. The number of likely N-dealkylation sites (tertiary alicyclic amines) is 1. The van der Waals surface area contributed by atoms with Crippen molar-refractivity contribution in [1.29, 1.82) is 0 Å². The van der Waals surface area contributed by atoms with Gasteiger partial charge in [-0.2, -0.15) is 0 Å². The minimum atomic E-state index is -0.670. The van der Waals surface area contributed by atoms with Crippen molar-refractivity contribution in [2.75, 3.05) is 34.0 Å². The van der Waals surface area contributed by atoms with Gasteiger partial charge in [0.25, 0.3) is 11.7 Å². The van der Waals surface area contributed by atoms with Crippen LogP contribution in [0.15, 0.2) is 35.2 Å². The van der Waals surface area contributed by atoms with E-state index in [0.29, 0.717) is 30.2 Å². The number of thiophene rings is 1. The fourth-order valence-corrected chi connectivity index (χ4v) is 4.60. The predicted molar refractivity (Wildman–Crippen MR) is 109 cm³/mol. The van der Waals surface area contributed by atoms with Gasteiger partial charge in [-0.05, 0) is 56.2 Å². The molecule has 3 heterocycles. The standard InChI is InChI=1S/C21H22N2O5S/c1-12-6-9-29-20(12)17-16(19(25)21(26)23(17)8-7-22(2)3)18(24)13-4-5-14-15(10-13)28-11-27-14/h4-6,9-10,17,24H,7-8,11H2,1-3H3/b18-16-. The summed E-state index contributed by atoms with van der Waals surface area (Å²) in [5.74, 6) is -0.381. The number of ether oxygens (including phenoxy) is 2. The van der Waals surface area contributed by atoms with Crippen LogP contribution in [0.4, 0.5) is 0 Å². The third-order valence-electron chi connectivity index (χ3n) is 5.12. The highest BCUT2D eigenvalue weighted by Crippen LogP contribution is 2.43. The maximum atomic E-state index is 13.0. The number of ketones is 1. The van der Waals surface area contributed by atoms with Crippen LogP contribution >= 0.6 is 11.3 Å². The molecular formula is C21H22N2O5S. The van der Waals surface area contributed by atoms with E-state index in [-0.39, 0.29) is 18.1 Å². The van der Waals surface area contributed by atoms with Crippen LogP contribution < -0.4 is 9.47 Å². The Morgan fingerprint density at radius 3 is 2.69 bits per heavy atom. The molecule has 0 bridgehead atoms. The van der Waals surface area contributed by atoms with Gasteiger partial charge >= 0.3 is 0 Å². The van der Waals surface area contributed by atoms with E-state index in [1.54, 1.807) is 23.1 Å². The number of aryl methyl sites for hydroxylation is 1. The third kappa shape index (κ3) is 3.38. The molecular weight excluding hydrogens is 392 g/mol. The number of aliphatic hydroxyl groups is 1. The Bertz CT molecular complexity index is 1010. The summed E-state index contributed by atoms with van der Waals surface area (Å²) in [6.07, 6.45) is 0. The molecule has 0 radical (unpaired) electrons. The van der Waals surface area contributed by atoms with Crippen molar-refractivity contribution >= 4 is 28.8 Å². The molecule has 1 N–H and O–H groups in total. The number of carbonyl (C=O) groups is 2. The van der Waals surface area contributed by atoms with Gasteiger partial charge in [0, 0.05) is 23.5 Å². The molecule has 1 atom stereocenters. The zero-order chi connectivity index (χ0) is 20.7. The summed E-state index contributed by atoms with van der Waals surface area (Å²) in [6.45, 7) is 3.05. The highest BCUT2D eigenvalue weighted by Gasteiger charge is 2.46. The molecule has 1 aromatic heterocycles. The fraction of sp³-hybridized carbons (Fsp3) is 0.333. The largest absolute Gasteiger partial charge is 0.507 e. The van der Waals surface area contributed by atoms with Crippen molar-refractivity contribution in [3.8, 4) is 11.5 Å². The number of fused-ring (bicyclic) bond motifs is 1. The molecule has 7 nitrogen and oxygen atoms in total. The molecule has 1 amide bonds. The van der Waals surface area contributed by atoms with Crippen molar-refractivity contribution in [1.82, 2.24) is 9.80 Å². The molecule has 29 heavy (non-hydrogen) atoms. The number of Topliss-reactive ketones (excluding diaryl/α,β-unsaturated/α-hetero) is 1. The second kappa shape index (κ2) is 7.53. The Morgan fingerprint density at radius 2 is 2.00 bits per heavy atom. The van der Waals surface area contributed by atoms with E-state index in [1.165, 1.54) is 11.3 Å². The van der Waals surface area contributed by atoms with Gasteiger partial charge < -0.3 is 24.4 Å². The fourth-order valence-electron chi connectivity index (χ4n) is 3.55. The number of likely N-dealkylation sites (N-methyl/N-ethyl adjacent to an activating group) is 1. The first-order valence-electron chi connectivity index (χ1n) is 9.25. The van der Waals surface area contributed by atoms with E-state index in [2.05, 4.69) is 0 Å². The Hall–Kier alpha value is -2.84. The molecule has 1 fully saturated rings. The Morgan fingerprint density at radius 1 is 1.24 bits per heavy atom. The van der Waals surface area contributed by atoms with Gasteiger partial charge in [-0.3, -0.25) is 9.59 Å². The van der Waals surface area contributed by atoms with Gasteiger partial charge in [-0.1, -0.05) is 0 Å². The van der Waals surface area contributed by atoms with Gasteiger partial charge in [-0.25, -0.2) is 0 Å². The van der Waals surface area contributed by atoms with E-state index >= 15 is 0 Å². The van der Waals surface area contributed by atoms with Crippen molar-refractivity contribution in [2.24, 2.45) is 0 Å². The first-order chi connectivity index (χ1) is 13.9. The van der Waals surface area contributed by atoms with Crippen LogP contribution in [0.1, 0.15) is 22.0 Å². The minimum absolute atomic E-state index is 0.109. The van der Waals surface area contributed by atoms with E-state index < -0.39 is 17.7 Å². The average molecular weight is 414 g/mol. The summed E-state index contributed by atoms with van der Waals surface area (Å²) in [5, 5.41) is 13.0. The smallest absolute Gasteiger partial charge is 0.295 e. The lowest BCUT2D eigenvalue weighted by molar-refractivity contribution is -0.140. The Balaban J connectivity index is 1.82. The number of carbonyl (C=O) groups excluding carboxylic acids is 2. The van der Waals surface area contributed by atoms with Crippen LogP contribution in [0, 0.1) is 6.92 Å². The van der Waals surface area contributed by atoms with Gasteiger partial charge in [0.15, 0.2) is 11.5 Å². The number of hydrogen-bond donors (Lipinski definition) is 1. The zero-order valence-corrected chi connectivity index (χ0v) is 17.3. The third-order valence-corrected chi connectivity index (χ3v) is 6.20. The monoisotopic (exact) mass is 414 g/mol. The summed E-state index contributed by atoms with van der Waals surface area (Å²) < 4.78 is 10.7. The van der Waals surface area contributed by atoms with Gasteiger partial charge in [0.2, 0.25) is 6.79 Å². The van der Waals surface area contributed by atoms with E-state index in [0.717, 1.165) is 10.4 Å². The Labute approximate surface area is 172 Å². The van der Waals surface area contributed by atoms with Crippen LogP contribution in [-0.4, -0.2) is 60.6 Å². The number of amides is 1. The number of hydrogen-bond acceptors (Lipinski definition) is 7. The molecule has 0 spiro atoms. The highest BCUT2D eigenvalue weighted by molar-refractivity contribution is 7.10. The number of rotatable bonds is 5. The molecule has 8 heteroatoms. The molecule has 2 aliphatic rings. The summed E-state index contributed by atoms with van der Waals surface area (Å²) in [5.41, 5.74) is 1.51. The molecule has 4 rings (SSSR count). The van der Waals surface area contributed by atoms with Crippen molar-refractivity contribution in [3.05, 3.63) is 51.2 Å². The maximum absolute atomic E-state index is 13.0. The minimum Gasteiger partial charge on any atom is -0.507 e. The number of benzene rings is 1. The Kier molecular flexibility index (Phi) is 5.06. The normalized spacial score (nSPS) is 20.1. The van der Waals surface area contributed by atoms with E-state index in [4.69, 9.17) is 9.47 Å². The second-order valence-corrected chi connectivity index (χ2v) is 8.28. The lowest BCUT2D eigenvalue weighted by Crippen LogP contribution is -2.35. The second-order valence-electron chi connectivity index (χ2n) is 7.33. The van der Waals surface area contributed by atoms with Crippen LogP contribution in [0.2, 0.25) is 0 Å². The molecule has 1 saturated heterocycles. The zero-order valence-electron chi connectivity index (χ0n) is 16.5. The highest BCUT2D eigenvalue weighted by atomic mass is 32.1. The quantitative estimate of drug-likeness (QED) is 0.460. The lowest BCUT2D eigenvalue weighted by Gasteiger charge is -2.26. The summed E-state index contributed by atoms with van der Waals surface area (Å²) in [4.78, 5) is 30.2. The van der Waals surface area contributed by atoms with Crippen LogP contribution in [0.5, 0.6) is 11.5 Å². The molecule has 2 aliphatic heterocycles. The number of nitrogens with zero attached hydrogens (tertiary/aromatic N) is 2. The maximum Gasteiger partial charge on any atom is 0.295 e. The summed E-state index contributed by atoms with van der Waals surface area (Å²) in [6, 6.07) is 6.32. The molecule has 0 aliphatic carbocycles. The van der Waals surface area contributed by atoms with Crippen LogP contribution in [0.3, 0.4) is 0 Å². The summed E-state index contributed by atoms with van der Waals surface area (Å²) >= 11 is 1.48. The average Bonchev–Trinajstić information content (AvgIpc) is 3.38. The van der Waals surface area contributed by atoms with E-state index in [1.807, 2.05) is 37.4 Å². The SMILES string of the molecule is Cc1ccsc1C1/C(=C(/O)c2ccc3c(c2)OCO3)C(=O)C(=O)N1CCN(C)C. The van der Waals surface area contributed by atoms with Gasteiger partial charge in [0.1, 0.15) is 5.76 Å². The molecule has 2 aromatic rings. The molecule has 152 valence electrons. The van der Waals surface area contributed by atoms with Crippen LogP contribution in [-0.2, 0) is 9.59 Å². The predicted octanol–water partition coefficient (Wildman–Crippen LogP) is 2.77. The number of aliphatic hydroxyl groups excluding tert-OH is 1. The lowest BCUT2D eigenvalue weighted by atomic mass is 9.98. The topological polar surface area (TPSA) is 79.3 Å². The molecule has 1 unspecified atom stereocenters. The van der Waals surface area contributed by atoms with Crippen molar-refractivity contribution < 1.29 is 24.2 Å². The van der Waals surface area contributed by atoms with Gasteiger partial charge in [0.05, 0.1) is 11.6 Å².